The topological polar surface area (TPSA) is 78.5 Å². The third-order valence-corrected chi connectivity index (χ3v) is 3.79. The number of hydrazine groups is 1. The molecule has 1 aliphatic rings. The molecule has 1 rings (SSSR count). The summed E-state index contributed by atoms with van der Waals surface area (Å²) >= 11 is 0. The largest absolute Gasteiger partial charge is 0.344 e. The Kier molecular flexibility index (Phi) is 6.18. The number of nitrogens with zero attached hydrogens (tertiary/aromatic N) is 1. The number of carbonyl (C=O) groups is 3. The van der Waals surface area contributed by atoms with Crippen molar-refractivity contribution in [2.45, 2.75) is 71.8 Å². The van der Waals surface area contributed by atoms with E-state index in [0.29, 0.717) is 6.42 Å². The zero-order chi connectivity index (χ0) is 16.0. The van der Waals surface area contributed by atoms with E-state index >= 15 is 0 Å². The first-order valence-electron chi connectivity index (χ1n) is 7.79. The highest BCUT2D eigenvalue weighted by atomic mass is 16.2. The molecular formula is C15H27N3O3. The molecule has 1 unspecified atom stereocenters. The average molecular weight is 297 g/mol. The van der Waals surface area contributed by atoms with Gasteiger partial charge >= 0.3 is 6.03 Å². The number of nitrogens with one attached hydrogen (secondary N) is 2. The Morgan fingerprint density at radius 1 is 1.24 bits per heavy atom. The van der Waals surface area contributed by atoms with Crippen molar-refractivity contribution in [1.29, 1.82) is 0 Å². The first-order valence-corrected chi connectivity index (χ1v) is 7.79. The van der Waals surface area contributed by atoms with Crippen molar-refractivity contribution in [1.82, 2.24) is 15.8 Å². The van der Waals surface area contributed by atoms with Crippen molar-refractivity contribution < 1.29 is 14.4 Å². The maximum Gasteiger partial charge on any atom is 0.344 e. The molecule has 6 nitrogen and oxygen atoms in total. The molecule has 0 radical (unpaired) electrons. The van der Waals surface area contributed by atoms with Crippen LogP contribution in [0.5, 0.6) is 0 Å². The van der Waals surface area contributed by atoms with Crippen LogP contribution in [0.4, 0.5) is 4.79 Å². The van der Waals surface area contributed by atoms with E-state index in [1.165, 1.54) is 12.8 Å². The molecule has 0 aromatic heterocycles. The third-order valence-electron chi connectivity index (χ3n) is 3.79. The summed E-state index contributed by atoms with van der Waals surface area (Å²) in [4.78, 5) is 35.9. The van der Waals surface area contributed by atoms with Gasteiger partial charge in [0, 0.05) is 5.92 Å². The molecule has 0 saturated carbocycles. The van der Waals surface area contributed by atoms with Gasteiger partial charge in [-0.25, -0.2) is 4.79 Å². The van der Waals surface area contributed by atoms with Crippen LogP contribution in [-0.4, -0.2) is 28.4 Å². The molecule has 6 heteroatoms. The number of hydrogen-bond donors (Lipinski definition) is 2. The van der Waals surface area contributed by atoms with Gasteiger partial charge < -0.3 is 5.32 Å². The van der Waals surface area contributed by atoms with Crippen molar-refractivity contribution >= 4 is 17.8 Å². The van der Waals surface area contributed by atoms with Gasteiger partial charge in [-0.3, -0.25) is 15.0 Å². The summed E-state index contributed by atoms with van der Waals surface area (Å²) in [6.45, 7) is 7.29. The van der Waals surface area contributed by atoms with Crippen LogP contribution < -0.4 is 10.7 Å². The number of urea groups is 1. The van der Waals surface area contributed by atoms with E-state index in [2.05, 4.69) is 17.7 Å². The van der Waals surface area contributed by atoms with Gasteiger partial charge in [-0.05, 0) is 13.3 Å². The molecule has 0 aliphatic carbocycles. The van der Waals surface area contributed by atoms with Crippen molar-refractivity contribution in [2.24, 2.45) is 5.92 Å². The van der Waals surface area contributed by atoms with E-state index in [-0.39, 0.29) is 17.7 Å². The lowest BCUT2D eigenvalue weighted by atomic mass is 9.94. The Morgan fingerprint density at radius 2 is 1.86 bits per heavy atom. The summed E-state index contributed by atoms with van der Waals surface area (Å²) in [7, 11) is 0. The standard InChI is InChI=1S/C15H27N3O3/c1-5-6-7-8-9-10-15(4)13(20)18(14(21)16-15)17-12(19)11(2)3/h11H,5-10H2,1-4H3,(H,16,21)(H,17,19). The van der Waals surface area contributed by atoms with E-state index in [1.54, 1.807) is 20.8 Å². The van der Waals surface area contributed by atoms with Crippen LogP contribution in [0.15, 0.2) is 0 Å². The third kappa shape index (κ3) is 4.44. The van der Waals surface area contributed by atoms with E-state index in [4.69, 9.17) is 0 Å². The number of unbranched alkanes of at least 4 members (excludes halogenated alkanes) is 4. The highest BCUT2D eigenvalue weighted by Gasteiger charge is 2.48. The maximum absolute atomic E-state index is 12.3. The van der Waals surface area contributed by atoms with Crippen LogP contribution in [0.1, 0.15) is 66.2 Å². The van der Waals surface area contributed by atoms with Crippen molar-refractivity contribution in [3.05, 3.63) is 0 Å². The monoisotopic (exact) mass is 297 g/mol. The molecule has 1 fully saturated rings. The van der Waals surface area contributed by atoms with Crippen LogP contribution in [-0.2, 0) is 9.59 Å². The molecule has 0 spiro atoms. The lowest BCUT2D eigenvalue weighted by molar-refractivity contribution is -0.140. The minimum absolute atomic E-state index is 0.286. The smallest absolute Gasteiger partial charge is 0.322 e. The SMILES string of the molecule is CCCCCCCC1(C)NC(=O)N(NC(=O)C(C)C)C1=O. The van der Waals surface area contributed by atoms with Crippen LogP contribution >= 0.6 is 0 Å². The van der Waals surface area contributed by atoms with Crippen LogP contribution in [0, 0.1) is 5.92 Å². The second kappa shape index (κ2) is 7.43. The Labute approximate surface area is 126 Å². The Hall–Kier alpha value is -1.59. The van der Waals surface area contributed by atoms with Crippen LogP contribution in [0.3, 0.4) is 0 Å². The lowest BCUT2D eigenvalue weighted by Crippen LogP contribution is -2.49. The normalized spacial score (nSPS) is 21.9. The molecule has 4 amide bonds. The predicted molar refractivity (Wildman–Crippen MR) is 80.1 cm³/mol. The number of amides is 4. The van der Waals surface area contributed by atoms with E-state index in [9.17, 15) is 14.4 Å². The van der Waals surface area contributed by atoms with Crippen LogP contribution in [0.25, 0.3) is 0 Å². The quantitative estimate of drug-likeness (QED) is 0.533. The fourth-order valence-corrected chi connectivity index (χ4v) is 2.28. The fraction of sp³-hybridized carbons (Fsp3) is 0.800. The second-order valence-electron chi connectivity index (χ2n) is 6.20. The molecule has 0 aromatic rings. The number of rotatable bonds is 8. The Bertz CT molecular complexity index is 409. The van der Waals surface area contributed by atoms with Gasteiger partial charge in [0.2, 0.25) is 5.91 Å². The van der Waals surface area contributed by atoms with Gasteiger partial charge in [-0.1, -0.05) is 52.9 Å². The second-order valence-corrected chi connectivity index (χ2v) is 6.20. The molecule has 2 N–H and O–H groups in total. The van der Waals surface area contributed by atoms with Crippen molar-refractivity contribution in [2.75, 3.05) is 0 Å². The highest BCUT2D eigenvalue weighted by molar-refractivity contribution is 6.07. The van der Waals surface area contributed by atoms with Gasteiger partial charge in [-0.2, -0.15) is 5.01 Å². The first-order chi connectivity index (χ1) is 9.81. The van der Waals surface area contributed by atoms with Gasteiger partial charge in [-0.15, -0.1) is 0 Å². The Morgan fingerprint density at radius 3 is 2.43 bits per heavy atom. The lowest BCUT2D eigenvalue weighted by Gasteiger charge is -2.21. The maximum atomic E-state index is 12.3. The number of imide groups is 1. The summed E-state index contributed by atoms with van der Waals surface area (Å²) in [6.07, 6.45) is 6.02. The zero-order valence-corrected chi connectivity index (χ0v) is 13.5. The van der Waals surface area contributed by atoms with E-state index in [0.717, 1.165) is 24.3 Å². The number of hydrogen-bond acceptors (Lipinski definition) is 3. The molecule has 1 atom stereocenters. The number of carbonyl (C=O) groups excluding carboxylic acids is 3. The van der Waals surface area contributed by atoms with Crippen molar-refractivity contribution in [3.8, 4) is 0 Å². The fourth-order valence-electron chi connectivity index (χ4n) is 2.28. The molecular weight excluding hydrogens is 270 g/mol. The highest BCUT2D eigenvalue weighted by Crippen LogP contribution is 2.23. The first kappa shape index (κ1) is 17.5. The van der Waals surface area contributed by atoms with Gasteiger partial charge in [0.1, 0.15) is 5.54 Å². The minimum Gasteiger partial charge on any atom is -0.322 e. The zero-order valence-electron chi connectivity index (χ0n) is 13.5. The molecule has 0 bridgehead atoms. The summed E-state index contributed by atoms with van der Waals surface area (Å²) in [5.41, 5.74) is 1.47. The van der Waals surface area contributed by atoms with Crippen molar-refractivity contribution in [3.63, 3.8) is 0 Å². The molecule has 1 aliphatic heterocycles. The predicted octanol–water partition coefficient (Wildman–Crippen LogP) is 2.34. The summed E-state index contributed by atoms with van der Waals surface area (Å²) < 4.78 is 0. The average Bonchev–Trinajstić information content (AvgIpc) is 2.62. The van der Waals surface area contributed by atoms with Gasteiger partial charge in [0.15, 0.2) is 0 Å². The summed E-state index contributed by atoms with van der Waals surface area (Å²) in [6, 6.07) is -0.551. The summed E-state index contributed by atoms with van der Waals surface area (Å²) in [5.74, 6) is -1.01. The molecule has 0 aromatic carbocycles. The van der Waals surface area contributed by atoms with E-state index < -0.39 is 11.6 Å². The minimum atomic E-state index is -0.909. The van der Waals surface area contributed by atoms with Gasteiger partial charge in [0.25, 0.3) is 5.91 Å². The van der Waals surface area contributed by atoms with Gasteiger partial charge in [0.05, 0.1) is 0 Å². The molecule has 21 heavy (non-hydrogen) atoms. The molecule has 120 valence electrons. The van der Waals surface area contributed by atoms with E-state index in [1.807, 2.05) is 0 Å². The molecule has 1 heterocycles. The van der Waals surface area contributed by atoms with Crippen LogP contribution in [0.2, 0.25) is 0 Å². The molecule has 1 saturated heterocycles. The Balaban J connectivity index is 2.56. The summed E-state index contributed by atoms with van der Waals surface area (Å²) in [5, 5.41) is 3.50.